The summed E-state index contributed by atoms with van der Waals surface area (Å²) in [4.78, 5) is 38.9. The van der Waals surface area contributed by atoms with Crippen molar-refractivity contribution in [3.05, 3.63) is 58.4 Å². The first-order valence-electron chi connectivity index (χ1n) is 11.4. The number of aromatic nitrogens is 5. The number of nitrogens with one attached hydrogen (secondary N) is 3. The van der Waals surface area contributed by atoms with E-state index in [1.165, 1.54) is 16.0 Å². The molecule has 0 aromatic carbocycles. The molecule has 1 saturated heterocycles. The van der Waals surface area contributed by atoms with Gasteiger partial charge in [0.2, 0.25) is 11.9 Å². The monoisotopic (exact) mass is 557 g/mol. The predicted octanol–water partition coefficient (Wildman–Crippen LogP) is 2.76. The Labute approximate surface area is 216 Å². The molecule has 0 saturated carbocycles. The molecule has 17 heteroatoms. The van der Waals surface area contributed by atoms with Gasteiger partial charge in [-0.3, -0.25) is 14.5 Å². The molecule has 0 bridgehead atoms. The molecule has 208 valence electrons. The first-order valence-corrected chi connectivity index (χ1v) is 11.4. The minimum Gasteiger partial charge on any atom is -0.383 e. The van der Waals surface area contributed by atoms with Gasteiger partial charge in [0.1, 0.15) is 17.9 Å². The fraction of sp³-hybridized carbons (Fsp3) is 0.364. The Morgan fingerprint density at radius 2 is 1.74 bits per heavy atom. The summed E-state index contributed by atoms with van der Waals surface area (Å²) in [6.07, 6.45) is -5.82. The van der Waals surface area contributed by atoms with Crippen molar-refractivity contribution < 1.29 is 31.1 Å². The van der Waals surface area contributed by atoms with Crippen molar-refractivity contribution in [2.24, 2.45) is 0 Å². The lowest BCUT2D eigenvalue weighted by Crippen LogP contribution is -2.51. The second-order valence-electron chi connectivity index (χ2n) is 8.55. The molecule has 3 N–H and O–H groups in total. The number of nitrogens with zero attached hydrogens (tertiary/aromatic N) is 6. The van der Waals surface area contributed by atoms with Gasteiger partial charge in [-0.25, -0.2) is 20.1 Å². The summed E-state index contributed by atoms with van der Waals surface area (Å²) in [5, 5.41) is 10.8. The van der Waals surface area contributed by atoms with E-state index < -0.39 is 40.8 Å². The maximum atomic E-state index is 13.2. The van der Waals surface area contributed by atoms with Gasteiger partial charge in [0.25, 0.3) is 5.56 Å². The molecule has 4 rings (SSSR count). The van der Waals surface area contributed by atoms with Crippen molar-refractivity contribution in [3.8, 4) is 0 Å². The summed E-state index contributed by atoms with van der Waals surface area (Å²) >= 11 is 0. The number of carbonyl (C=O) groups is 1. The molecule has 1 fully saturated rings. The molecule has 3 aromatic rings. The third kappa shape index (κ3) is 6.53. The van der Waals surface area contributed by atoms with Crippen LogP contribution in [0.5, 0.6) is 0 Å². The number of hydrogen-bond donors (Lipinski definition) is 3. The number of rotatable bonds is 7. The fourth-order valence-corrected chi connectivity index (χ4v) is 3.77. The Morgan fingerprint density at radius 1 is 1.03 bits per heavy atom. The number of alkyl halides is 6. The van der Waals surface area contributed by atoms with Crippen molar-refractivity contribution in [1.82, 2.24) is 25.1 Å². The Kier molecular flexibility index (Phi) is 7.60. The summed E-state index contributed by atoms with van der Waals surface area (Å²) in [6, 6.07) is 2.61. The molecule has 0 unspecified atom stereocenters. The van der Waals surface area contributed by atoms with Crippen LogP contribution in [0, 0.1) is 0 Å². The minimum atomic E-state index is -4.87. The average molecular weight is 557 g/mol. The number of aromatic amines is 1. The van der Waals surface area contributed by atoms with Gasteiger partial charge < -0.3 is 15.5 Å². The third-order valence-corrected chi connectivity index (χ3v) is 5.65. The van der Waals surface area contributed by atoms with E-state index in [4.69, 9.17) is 0 Å². The number of carbonyl (C=O) groups excluding carboxylic acids is 1. The number of hydrogen-bond acceptors (Lipinski definition) is 9. The SMILES string of the molecule is C[C@@H](CNc1ccnc(N2CCN(c3ncc(C(F)(F)F)cn3)CC2=O)c1)Nc1cn[nH]c(=O)c1C(F)(F)F. The van der Waals surface area contributed by atoms with E-state index in [0.717, 1.165) is 6.20 Å². The van der Waals surface area contributed by atoms with E-state index in [1.807, 2.05) is 0 Å². The highest BCUT2D eigenvalue weighted by Gasteiger charge is 2.37. The molecule has 0 radical (unpaired) electrons. The van der Waals surface area contributed by atoms with E-state index in [2.05, 4.69) is 30.7 Å². The normalized spacial score (nSPS) is 15.3. The van der Waals surface area contributed by atoms with Gasteiger partial charge in [-0.05, 0) is 13.0 Å². The molecular weight excluding hydrogens is 536 g/mol. The van der Waals surface area contributed by atoms with E-state index in [9.17, 15) is 35.9 Å². The summed E-state index contributed by atoms with van der Waals surface area (Å²) in [7, 11) is 0. The molecule has 0 spiro atoms. The topological polar surface area (TPSA) is 132 Å². The lowest BCUT2D eigenvalue weighted by atomic mass is 10.2. The zero-order valence-electron chi connectivity index (χ0n) is 20.1. The Morgan fingerprint density at radius 3 is 2.38 bits per heavy atom. The van der Waals surface area contributed by atoms with Crippen LogP contribution >= 0.6 is 0 Å². The van der Waals surface area contributed by atoms with Gasteiger partial charge in [0.15, 0.2) is 0 Å². The highest BCUT2D eigenvalue weighted by Crippen LogP contribution is 2.32. The number of halogens is 6. The van der Waals surface area contributed by atoms with Crippen LogP contribution < -0.4 is 26.0 Å². The van der Waals surface area contributed by atoms with Crippen molar-refractivity contribution in [2.45, 2.75) is 25.3 Å². The van der Waals surface area contributed by atoms with Crippen LogP contribution in [0.4, 0.5) is 49.5 Å². The molecule has 39 heavy (non-hydrogen) atoms. The number of anilines is 4. The summed E-state index contributed by atoms with van der Waals surface area (Å²) in [6.45, 7) is 1.96. The highest BCUT2D eigenvalue weighted by atomic mass is 19.4. The average Bonchev–Trinajstić information content (AvgIpc) is 2.86. The fourth-order valence-electron chi connectivity index (χ4n) is 3.77. The van der Waals surface area contributed by atoms with E-state index >= 15 is 0 Å². The third-order valence-electron chi connectivity index (χ3n) is 5.65. The zero-order chi connectivity index (χ0) is 28.4. The Balaban J connectivity index is 1.37. The molecule has 1 atom stereocenters. The Bertz CT molecular complexity index is 1380. The lowest BCUT2D eigenvalue weighted by molar-refractivity contribution is -0.139. The molecule has 11 nitrogen and oxygen atoms in total. The standard InChI is InChI=1S/C22H21F6N9O2/c1-12(34-15-10-33-35-19(39)18(15)22(26,27)28)7-30-14-2-3-29-16(6-14)37-5-4-36(11-17(37)38)20-31-8-13(9-32-20)21(23,24)25/h2-3,6,8-10,12H,4-5,7,11H2,1H3,(H,29,30)(H2,34,35,39)/t12-/m0/s1. The maximum Gasteiger partial charge on any atom is 0.423 e. The number of pyridine rings is 1. The predicted molar refractivity (Wildman–Crippen MR) is 127 cm³/mol. The van der Waals surface area contributed by atoms with Gasteiger partial charge >= 0.3 is 12.4 Å². The van der Waals surface area contributed by atoms with Gasteiger partial charge in [-0.15, -0.1) is 0 Å². The second-order valence-corrected chi connectivity index (χ2v) is 8.55. The molecule has 1 amide bonds. The van der Waals surface area contributed by atoms with E-state index in [1.54, 1.807) is 24.2 Å². The van der Waals surface area contributed by atoms with Crippen LogP contribution in [0.3, 0.4) is 0 Å². The quantitative estimate of drug-likeness (QED) is 0.375. The summed E-state index contributed by atoms with van der Waals surface area (Å²) in [5.41, 5.74) is -3.67. The van der Waals surface area contributed by atoms with Crippen LogP contribution in [-0.2, 0) is 17.1 Å². The van der Waals surface area contributed by atoms with Crippen molar-refractivity contribution >= 4 is 29.0 Å². The zero-order valence-corrected chi connectivity index (χ0v) is 20.1. The van der Waals surface area contributed by atoms with Crippen LogP contribution in [0.15, 0.2) is 41.7 Å². The number of amides is 1. The van der Waals surface area contributed by atoms with Crippen LogP contribution in [-0.4, -0.2) is 63.3 Å². The summed E-state index contributed by atoms with van der Waals surface area (Å²) in [5.74, 6) is -0.0900. The van der Waals surface area contributed by atoms with Crippen molar-refractivity contribution in [3.63, 3.8) is 0 Å². The van der Waals surface area contributed by atoms with Gasteiger partial charge in [0.05, 0.1) is 17.4 Å². The summed E-state index contributed by atoms with van der Waals surface area (Å²) < 4.78 is 78.0. The molecular formula is C22H21F6N9O2. The lowest BCUT2D eigenvalue weighted by Gasteiger charge is -2.33. The van der Waals surface area contributed by atoms with Crippen molar-refractivity contribution in [2.75, 3.05) is 46.6 Å². The largest absolute Gasteiger partial charge is 0.423 e. The first kappa shape index (κ1) is 27.6. The molecule has 0 aliphatic carbocycles. The molecule has 4 heterocycles. The molecule has 1 aliphatic heterocycles. The highest BCUT2D eigenvalue weighted by molar-refractivity contribution is 5.97. The maximum absolute atomic E-state index is 13.2. The van der Waals surface area contributed by atoms with Crippen LogP contribution in [0.25, 0.3) is 0 Å². The smallest absolute Gasteiger partial charge is 0.383 e. The molecule has 1 aliphatic rings. The minimum absolute atomic E-state index is 0.00912. The molecule has 3 aromatic heterocycles. The van der Waals surface area contributed by atoms with Crippen LogP contribution in [0.1, 0.15) is 18.1 Å². The Hall–Kier alpha value is -4.44. The van der Waals surface area contributed by atoms with E-state index in [-0.39, 0.29) is 38.0 Å². The number of H-pyrrole nitrogens is 1. The number of piperazine rings is 1. The van der Waals surface area contributed by atoms with Gasteiger partial charge in [-0.1, -0.05) is 0 Å². The van der Waals surface area contributed by atoms with Crippen molar-refractivity contribution in [1.29, 1.82) is 0 Å². The van der Waals surface area contributed by atoms with Crippen LogP contribution in [0.2, 0.25) is 0 Å². The van der Waals surface area contributed by atoms with Gasteiger partial charge in [0, 0.05) is 56.0 Å². The second kappa shape index (κ2) is 10.7. The van der Waals surface area contributed by atoms with E-state index in [0.29, 0.717) is 23.9 Å². The van der Waals surface area contributed by atoms with Gasteiger partial charge in [-0.2, -0.15) is 31.4 Å². The first-order chi connectivity index (χ1) is 18.3.